The Bertz CT molecular complexity index is 440. The smallest absolute Gasteiger partial charge is 0.248 e. The third kappa shape index (κ3) is 2.76. The molecule has 0 unspecified atom stereocenters. The molecule has 5 heteroatoms. The molecule has 0 radical (unpaired) electrons. The van der Waals surface area contributed by atoms with Gasteiger partial charge in [0.15, 0.2) is 0 Å². The Morgan fingerprint density at radius 2 is 2.06 bits per heavy atom. The third-order valence-electron chi connectivity index (χ3n) is 3.47. The maximum absolute atomic E-state index is 13.1. The largest absolute Gasteiger partial charge is 0.357 e. The van der Waals surface area contributed by atoms with Crippen LogP contribution in [0, 0.1) is 11.3 Å². The maximum Gasteiger partial charge on any atom is 0.248 e. The number of rotatable bonds is 2. The van der Waals surface area contributed by atoms with Gasteiger partial charge in [-0.15, -0.1) is 0 Å². The van der Waals surface area contributed by atoms with Crippen LogP contribution in [0.25, 0.3) is 0 Å². The molecule has 1 fully saturated rings. The summed E-state index contributed by atoms with van der Waals surface area (Å²) >= 11 is 0. The highest BCUT2D eigenvalue weighted by Gasteiger charge is 2.36. The van der Waals surface area contributed by atoms with Crippen molar-refractivity contribution in [2.75, 3.05) is 11.9 Å². The third-order valence-corrected chi connectivity index (χ3v) is 3.47. The van der Waals surface area contributed by atoms with Gasteiger partial charge >= 0.3 is 0 Å². The first-order valence-electron chi connectivity index (χ1n) is 5.99. The zero-order valence-corrected chi connectivity index (χ0v) is 10.2. The first-order valence-corrected chi connectivity index (χ1v) is 5.99. The van der Waals surface area contributed by atoms with Gasteiger partial charge in [0.2, 0.25) is 5.92 Å². The number of hydrogen-bond donors (Lipinski definition) is 0. The molecule has 1 aliphatic carbocycles. The molecule has 0 atom stereocenters. The molecule has 0 aromatic carbocycles. The molecule has 1 heterocycles. The fraction of sp³-hybridized carbons (Fsp3) is 0.538. The lowest BCUT2D eigenvalue weighted by atomic mass is 9.91. The molecule has 0 amide bonds. The van der Waals surface area contributed by atoms with Crippen molar-refractivity contribution in [2.24, 2.45) is 0 Å². The van der Waals surface area contributed by atoms with E-state index in [0.717, 1.165) is 5.82 Å². The van der Waals surface area contributed by atoms with E-state index in [2.05, 4.69) is 4.98 Å². The molecule has 1 saturated carbocycles. The average molecular weight is 251 g/mol. The van der Waals surface area contributed by atoms with Gasteiger partial charge in [0.05, 0.1) is 5.56 Å². The predicted molar refractivity (Wildman–Crippen MR) is 64.6 cm³/mol. The SMILES string of the molecule is CN(c1ccc(C#N)cn1)C1CCC(F)(F)CC1. The van der Waals surface area contributed by atoms with Gasteiger partial charge < -0.3 is 4.90 Å². The van der Waals surface area contributed by atoms with Gasteiger partial charge in [0.1, 0.15) is 11.9 Å². The summed E-state index contributed by atoms with van der Waals surface area (Å²) in [6.07, 6.45) is 2.34. The number of nitriles is 1. The molecule has 0 N–H and O–H groups in total. The lowest BCUT2D eigenvalue weighted by Crippen LogP contribution is -2.38. The monoisotopic (exact) mass is 251 g/mol. The van der Waals surface area contributed by atoms with E-state index in [0.29, 0.717) is 18.4 Å². The average Bonchev–Trinajstić information content (AvgIpc) is 2.38. The Balaban J connectivity index is 2.03. The van der Waals surface area contributed by atoms with Crippen molar-refractivity contribution in [1.29, 1.82) is 5.26 Å². The zero-order valence-electron chi connectivity index (χ0n) is 10.2. The predicted octanol–water partition coefficient (Wildman–Crippen LogP) is 2.97. The topological polar surface area (TPSA) is 39.9 Å². The molecule has 0 saturated heterocycles. The standard InChI is InChI=1S/C13H15F2N3/c1-18(11-4-6-13(14,15)7-5-11)12-3-2-10(8-16)9-17-12/h2-3,9,11H,4-7H2,1H3. The quantitative estimate of drug-likeness (QED) is 0.811. The molecule has 2 rings (SSSR count). The summed E-state index contributed by atoms with van der Waals surface area (Å²) in [5.41, 5.74) is 0.502. The number of alkyl halides is 2. The van der Waals surface area contributed by atoms with Crippen molar-refractivity contribution in [1.82, 2.24) is 4.98 Å². The Hall–Kier alpha value is -1.70. The van der Waals surface area contributed by atoms with Gasteiger partial charge in [0, 0.05) is 32.1 Å². The van der Waals surface area contributed by atoms with E-state index in [-0.39, 0.29) is 18.9 Å². The fourth-order valence-electron chi connectivity index (χ4n) is 2.26. The van der Waals surface area contributed by atoms with Crippen LogP contribution in [0.3, 0.4) is 0 Å². The first-order chi connectivity index (χ1) is 8.52. The van der Waals surface area contributed by atoms with Crippen LogP contribution in [-0.2, 0) is 0 Å². The van der Waals surface area contributed by atoms with Gasteiger partial charge in [-0.05, 0) is 25.0 Å². The summed E-state index contributed by atoms with van der Waals surface area (Å²) in [5.74, 6) is -1.78. The van der Waals surface area contributed by atoms with Crippen LogP contribution < -0.4 is 4.90 Å². The minimum Gasteiger partial charge on any atom is -0.357 e. The summed E-state index contributed by atoms with van der Waals surface area (Å²) < 4.78 is 26.1. The van der Waals surface area contributed by atoms with Crippen molar-refractivity contribution in [3.05, 3.63) is 23.9 Å². The summed E-state index contributed by atoms with van der Waals surface area (Å²) in [5, 5.41) is 8.69. The van der Waals surface area contributed by atoms with E-state index in [1.54, 1.807) is 12.1 Å². The summed E-state index contributed by atoms with van der Waals surface area (Å²) in [6, 6.07) is 5.55. The molecular weight excluding hydrogens is 236 g/mol. The molecule has 1 aliphatic rings. The summed E-state index contributed by atoms with van der Waals surface area (Å²) in [7, 11) is 1.86. The lowest BCUT2D eigenvalue weighted by Gasteiger charge is -2.35. The second-order valence-corrected chi connectivity index (χ2v) is 4.71. The van der Waals surface area contributed by atoms with Crippen LogP contribution in [0.1, 0.15) is 31.2 Å². The highest BCUT2D eigenvalue weighted by Crippen LogP contribution is 2.35. The van der Waals surface area contributed by atoms with E-state index in [9.17, 15) is 8.78 Å². The van der Waals surface area contributed by atoms with Crippen LogP contribution >= 0.6 is 0 Å². The number of halogens is 2. The van der Waals surface area contributed by atoms with Gasteiger partial charge in [-0.2, -0.15) is 5.26 Å². The van der Waals surface area contributed by atoms with E-state index in [1.165, 1.54) is 6.20 Å². The van der Waals surface area contributed by atoms with E-state index < -0.39 is 5.92 Å². The maximum atomic E-state index is 13.1. The fourth-order valence-corrected chi connectivity index (χ4v) is 2.26. The van der Waals surface area contributed by atoms with Crippen LogP contribution in [-0.4, -0.2) is 24.0 Å². The van der Waals surface area contributed by atoms with Crippen molar-refractivity contribution >= 4 is 5.82 Å². The second-order valence-electron chi connectivity index (χ2n) is 4.71. The minimum atomic E-state index is -2.50. The molecule has 1 aromatic heterocycles. The molecule has 1 aromatic rings. The molecule has 0 spiro atoms. The highest BCUT2D eigenvalue weighted by molar-refractivity contribution is 5.42. The summed E-state index contributed by atoms with van der Waals surface area (Å²) in [6.45, 7) is 0. The molecule has 0 bridgehead atoms. The Morgan fingerprint density at radius 1 is 1.39 bits per heavy atom. The second kappa shape index (κ2) is 4.89. The number of aromatic nitrogens is 1. The molecule has 18 heavy (non-hydrogen) atoms. The van der Waals surface area contributed by atoms with E-state index in [1.807, 2.05) is 18.0 Å². The van der Waals surface area contributed by atoms with E-state index >= 15 is 0 Å². The van der Waals surface area contributed by atoms with Gasteiger partial charge in [-0.1, -0.05) is 0 Å². The number of pyridine rings is 1. The van der Waals surface area contributed by atoms with Gasteiger partial charge in [0.25, 0.3) is 0 Å². The number of nitrogens with zero attached hydrogens (tertiary/aromatic N) is 3. The summed E-state index contributed by atoms with van der Waals surface area (Å²) in [4.78, 5) is 6.10. The van der Waals surface area contributed by atoms with Gasteiger partial charge in [-0.3, -0.25) is 0 Å². The van der Waals surface area contributed by atoms with Crippen LogP contribution in [0.4, 0.5) is 14.6 Å². The molecule has 3 nitrogen and oxygen atoms in total. The first kappa shape index (κ1) is 12.7. The van der Waals surface area contributed by atoms with Crippen LogP contribution in [0.15, 0.2) is 18.3 Å². The Labute approximate surface area is 105 Å². The van der Waals surface area contributed by atoms with Gasteiger partial charge in [-0.25, -0.2) is 13.8 Å². The zero-order chi connectivity index (χ0) is 13.2. The normalized spacial score (nSPS) is 19.2. The molecule has 0 aliphatic heterocycles. The van der Waals surface area contributed by atoms with Crippen molar-refractivity contribution in [3.8, 4) is 6.07 Å². The van der Waals surface area contributed by atoms with Crippen molar-refractivity contribution in [3.63, 3.8) is 0 Å². The molecular formula is C13H15F2N3. The van der Waals surface area contributed by atoms with Crippen molar-refractivity contribution in [2.45, 2.75) is 37.6 Å². The number of anilines is 1. The molecule has 96 valence electrons. The lowest BCUT2D eigenvalue weighted by molar-refractivity contribution is -0.0378. The minimum absolute atomic E-state index is 0.0573. The van der Waals surface area contributed by atoms with Crippen molar-refractivity contribution < 1.29 is 8.78 Å². The highest BCUT2D eigenvalue weighted by atomic mass is 19.3. The number of hydrogen-bond acceptors (Lipinski definition) is 3. The van der Waals surface area contributed by atoms with Crippen LogP contribution in [0.2, 0.25) is 0 Å². The Kier molecular flexibility index (Phi) is 3.46. The Morgan fingerprint density at radius 3 is 2.56 bits per heavy atom. The van der Waals surface area contributed by atoms with E-state index in [4.69, 9.17) is 5.26 Å². The van der Waals surface area contributed by atoms with Crippen LogP contribution in [0.5, 0.6) is 0 Å².